The average molecular weight is 330 g/mol. The van der Waals surface area contributed by atoms with Crippen LogP contribution in [-0.2, 0) is 9.84 Å². The number of nitrogens with zero attached hydrogens (tertiary/aromatic N) is 3. The quantitative estimate of drug-likeness (QED) is 0.357. The SMILES string of the molecule is Cc1ccnc(N2CCSCC2S(C)(=O)=O)c1/C(N)=N/O. The minimum atomic E-state index is -3.26. The molecule has 1 aliphatic rings. The topological polar surface area (TPSA) is 109 Å². The Labute approximate surface area is 128 Å². The lowest BCUT2D eigenvalue weighted by molar-refractivity contribution is 0.318. The molecule has 1 aromatic rings. The summed E-state index contributed by atoms with van der Waals surface area (Å²) in [6, 6.07) is 1.74. The molecule has 0 aromatic carbocycles. The van der Waals surface area contributed by atoms with E-state index in [1.54, 1.807) is 28.9 Å². The summed E-state index contributed by atoms with van der Waals surface area (Å²) in [6.07, 6.45) is 2.81. The molecular weight excluding hydrogens is 312 g/mol. The normalized spacial score (nSPS) is 20.6. The summed E-state index contributed by atoms with van der Waals surface area (Å²) in [5, 5.41) is 11.3. The molecule has 1 aliphatic heterocycles. The fraction of sp³-hybridized carbons (Fsp3) is 0.500. The second-order valence-electron chi connectivity index (χ2n) is 4.86. The number of anilines is 1. The number of aromatic nitrogens is 1. The van der Waals surface area contributed by atoms with Gasteiger partial charge < -0.3 is 15.8 Å². The summed E-state index contributed by atoms with van der Waals surface area (Å²) in [5.74, 6) is 1.66. The Balaban J connectivity index is 2.57. The Morgan fingerprint density at radius 1 is 1.62 bits per heavy atom. The Morgan fingerprint density at radius 3 is 2.95 bits per heavy atom. The third-order valence-electron chi connectivity index (χ3n) is 3.35. The molecule has 0 bridgehead atoms. The molecule has 2 rings (SSSR count). The first kappa shape index (κ1) is 15.9. The third-order valence-corrected chi connectivity index (χ3v) is 6.00. The molecule has 1 saturated heterocycles. The van der Waals surface area contributed by atoms with Crippen molar-refractivity contribution in [3.63, 3.8) is 0 Å². The summed E-state index contributed by atoms with van der Waals surface area (Å²) in [5.41, 5.74) is 6.99. The van der Waals surface area contributed by atoms with E-state index >= 15 is 0 Å². The van der Waals surface area contributed by atoms with Gasteiger partial charge in [0.05, 0.1) is 5.56 Å². The molecule has 1 fully saturated rings. The predicted octanol–water partition coefficient (Wildman–Crippen LogP) is 0.408. The van der Waals surface area contributed by atoms with Gasteiger partial charge in [-0.25, -0.2) is 13.4 Å². The van der Waals surface area contributed by atoms with Gasteiger partial charge in [-0.15, -0.1) is 0 Å². The molecule has 21 heavy (non-hydrogen) atoms. The van der Waals surface area contributed by atoms with Crippen LogP contribution in [0.3, 0.4) is 0 Å². The zero-order chi connectivity index (χ0) is 15.6. The lowest BCUT2D eigenvalue weighted by Gasteiger charge is -2.36. The number of thioether (sulfide) groups is 1. The number of hydrogen-bond donors (Lipinski definition) is 2. The molecule has 2 heterocycles. The highest BCUT2D eigenvalue weighted by Gasteiger charge is 2.33. The molecule has 1 unspecified atom stereocenters. The van der Waals surface area contributed by atoms with Crippen LogP contribution in [0.5, 0.6) is 0 Å². The second-order valence-corrected chi connectivity index (χ2v) is 8.22. The first-order chi connectivity index (χ1) is 9.86. The highest BCUT2D eigenvalue weighted by atomic mass is 32.2. The van der Waals surface area contributed by atoms with Crippen LogP contribution in [-0.4, -0.2) is 54.1 Å². The van der Waals surface area contributed by atoms with E-state index in [0.717, 1.165) is 11.3 Å². The molecule has 0 aliphatic carbocycles. The molecule has 7 nitrogen and oxygen atoms in total. The van der Waals surface area contributed by atoms with Gasteiger partial charge in [-0.3, -0.25) is 0 Å². The zero-order valence-electron chi connectivity index (χ0n) is 11.9. The fourth-order valence-corrected chi connectivity index (χ4v) is 5.13. The number of aryl methyl sites for hydroxylation is 1. The van der Waals surface area contributed by atoms with Crippen molar-refractivity contribution in [2.24, 2.45) is 10.9 Å². The minimum Gasteiger partial charge on any atom is -0.409 e. The number of rotatable bonds is 3. The first-order valence-corrected chi connectivity index (χ1v) is 9.44. The number of sulfone groups is 1. The van der Waals surface area contributed by atoms with Crippen molar-refractivity contribution < 1.29 is 13.6 Å². The summed E-state index contributed by atoms with van der Waals surface area (Å²) >= 11 is 1.59. The maximum absolute atomic E-state index is 12.0. The maximum Gasteiger partial charge on any atom is 0.174 e. The molecule has 0 amide bonds. The van der Waals surface area contributed by atoms with Gasteiger partial charge in [-0.2, -0.15) is 11.8 Å². The van der Waals surface area contributed by atoms with Crippen LogP contribution in [0.15, 0.2) is 17.4 Å². The zero-order valence-corrected chi connectivity index (χ0v) is 13.5. The van der Waals surface area contributed by atoms with Crippen molar-refractivity contribution >= 4 is 33.3 Å². The van der Waals surface area contributed by atoms with Gasteiger partial charge in [-0.1, -0.05) is 5.16 Å². The van der Waals surface area contributed by atoms with Crippen LogP contribution in [0.2, 0.25) is 0 Å². The summed E-state index contributed by atoms with van der Waals surface area (Å²) in [6.45, 7) is 2.36. The van der Waals surface area contributed by atoms with E-state index in [9.17, 15) is 8.42 Å². The average Bonchev–Trinajstić information content (AvgIpc) is 2.45. The molecule has 0 spiro atoms. The van der Waals surface area contributed by atoms with Gasteiger partial charge in [0.15, 0.2) is 15.7 Å². The molecule has 1 aromatic heterocycles. The van der Waals surface area contributed by atoms with Gasteiger partial charge in [0.1, 0.15) is 11.2 Å². The van der Waals surface area contributed by atoms with Crippen molar-refractivity contribution in [2.45, 2.75) is 12.3 Å². The van der Waals surface area contributed by atoms with E-state index in [2.05, 4.69) is 10.1 Å². The predicted molar refractivity (Wildman–Crippen MR) is 84.8 cm³/mol. The van der Waals surface area contributed by atoms with Gasteiger partial charge in [0.2, 0.25) is 0 Å². The summed E-state index contributed by atoms with van der Waals surface area (Å²) in [4.78, 5) is 6.00. The first-order valence-electron chi connectivity index (χ1n) is 6.33. The Morgan fingerprint density at radius 2 is 2.33 bits per heavy atom. The summed E-state index contributed by atoms with van der Waals surface area (Å²) in [7, 11) is -3.26. The van der Waals surface area contributed by atoms with Crippen molar-refractivity contribution in [3.05, 3.63) is 23.4 Å². The van der Waals surface area contributed by atoms with E-state index in [4.69, 9.17) is 10.9 Å². The number of pyridine rings is 1. The van der Waals surface area contributed by atoms with E-state index in [1.807, 2.05) is 6.92 Å². The maximum atomic E-state index is 12.0. The van der Waals surface area contributed by atoms with Gasteiger partial charge in [0, 0.05) is 30.5 Å². The van der Waals surface area contributed by atoms with Crippen molar-refractivity contribution in [3.8, 4) is 0 Å². The van der Waals surface area contributed by atoms with Crippen LogP contribution >= 0.6 is 11.8 Å². The smallest absolute Gasteiger partial charge is 0.174 e. The van der Waals surface area contributed by atoms with Gasteiger partial charge in [0.25, 0.3) is 0 Å². The number of amidine groups is 1. The number of nitrogens with two attached hydrogens (primary N) is 1. The van der Waals surface area contributed by atoms with Crippen LogP contribution in [0.4, 0.5) is 5.82 Å². The van der Waals surface area contributed by atoms with E-state index in [0.29, 0.717) is 23.7 Å². The molecule has 0 radical (unpaired) electrons. The van der Waals surface area contributed by atoms with Crippen LogP contribution < -0.4 is 10.6 Å². The molecule has 116 valence electrons. The van der Waals surface area contributed by atoms with Crippen molar-refractivity contribution in [1.82, 2.24) is 4.98 Å². The lowest BCUT2D eigenvalue weighted by atomic mass is 10.1. The number of hydrogen-bond acceptors (Lipinski definition) is 7. The Kier molecular flexibility index (Phi) is 4.62. The highest BCUT2D eigenvalue weighted by Crippen LogP contribution is 2.29. The van der Waals surface area contributed by atoms with Crippen LogP contribution in [0, 0.1) is 6.92 Å². The van der Waals surface area contributed by atoms with Crippen LogP contribution in [0.25, 0.3) is 0 Å². The third kappa shape index (κ3) is 3.24. The van der Waals surface area contributed by atoms with E-state index in [-0.39, 0.29) is 5.84 Å². The van der Waals surface area contributed by atoms with Crippen LogP contribution in [0.1, 0.15) is 11.1 Å². The highest BCUT2D eigenvalue weighted by molar-refractivity contribution is 8.01. The molecule has 0 saturated carbocycles. The van der Waals surface area contributed by atoms with Gasteiger partial charge in [-0.05, 0) is 18.6 Å². The van der Waals surface area contributed by atoms with E-state index in [1.165, 1.54) is 6.26 Å². The Bertz CT molecular complexity index is 660. The molecule has 9 heteroatoms. The second kappa shape index (κ2) is 6.10. The number of oxime groups is 1. The molecular formula is C12H18N4O3S2. The minimum absolute atomic E-state index is 0.0684. The standard InChI is InChI=1S/C12H18N4O3S2/c1-8-3-4-14-12(10(8)11(13)15-17)16-5-6-20-7-9(16)21(2,18)19/h3-4,9,17H,5-7H2,1-2H3,(H2,13,15). The molecule has 1 atom stereocenters. The van der Waals surface area contributed by atoms with Crippen molar-refractivity contribution in [1.29, 1.82) is 0 Å². The molecule has 3 N–H and O–H groups in total. The van der Waals surface area contributed by atoms with E-state index < -0.39 is 15.2 Å². The summed E-state index contributed by atoms with van der Waals surface area (Å²) < 4.78 is 24.0. The van der Waals surface area contributed by atoms with Gasteiger partial charge >= 0.3 is 0 Å². The largest absolute Gasteiger partial charge is 0.409 e. The lowest BCUT2D eigenvalue weighted by Crippen LogP contribution is -2.48. The Hall–Kier alpha value is -1.48. The van der Waals surface area contributed by atoms with Crippen molar-refractivity contribution in [2.75, 3.05) is 29.2 Å². The monoisotopic (exact) mass is 330 g/mol. The fourth-order valence-electron chi connectivity index (χ4n) is 2.31.